The molecule has 0 saturated carbocycles. The van der Waals surface area contributed by atoms with Gasteiger partial charge in [-0.05, 0) is 25.2 Å². The lowest BCUT2D eigenvalue weighted by atomic mass is 10.1. The molecule has 2 aromatic carbocycles. The second-order valence-corrected chi connectivity index (χ2v) is 5.89. The van der Waals surface area contributed by atoms with Crippen LogP contribution in [0.25, 0.3) is 0 Å². The number of hydrogen-bond acceptors (Lipinski definition) is 5. The number of benzene rings is 2. The zero-order valence-electron chi connectivity index (χ0n) is 15.7. The van der Waals surface area contributed by atoms with Gasteiger partial charge in [-0.25, -0.2) is 0 Å². The van der Waals surface area contributed by atoms with Gasteiger partial charge in [0.1, 0.15) is 5.75 Å². The third-order valence-corrected chi connectivity index (χ3v) is 4.03. The molecule has 0 aliphatic heterocycles. The third kappa shape index (κ3) is 5.13. The minimum Gasteiger partial charge on any atom is -0.495 e. The largest absolute Gasteiger partial charge is 0.495 e. The Bertz CT molecular complexity index is 734. The predicted octanol–water partition coefficient (Wildman–Crippen LogP) is 3.17. The van der Waals surface area contributed by atoms with Crippen LogP contribution in [0.5, 0.6) is 17.2 Å². The van der Waals surface area contributed by atoms with Gasteiger partial charge < -0.3 is 24.4 Å². The van der Waals surface area contributed by atoms with Gasteiger partial charge in [-0.15, -0.1) is 0 Å². The van der Waals surface area contributed by atoms with Gasteiger partial charge in [-0.3, -0.25) is 4.79 Å². The number of para-hydroxylation sites is 3. The molecule has 0 aliphatic carbocycles. The van der Waals surface area contributed by atoms with Crippen molar-refractivity contribution in [3.8, 4) is 17.2 Å². The van der Waals surface area contributed by atoms with Gasteiger partial charge in [-0.2, -0.15) is 0 Å². The van der Waals surface area contributed by atoms with Crippen LogP contribution >= 0.6 is 0 Å². The quantitative estimate of drug-likeness (QED) is 0.746. The molecule has 0 bridgehead atoms. The number of nitrogens with one attached hydrogen (secondary N) is 1. The molecule has 0 radical (unpaired) electrons. The van der Waals surface area contributed by atoms with E-state index in [0.29, 0.717) is 36.7 Å². The molecule has 0 aromatic heterocycles. The monoisotopic (exact) mass is 358 g/mol. The van der Waals surface area contributed by atoms with Crippen LogP contribution in [0.1, 0.15) is 12.0 Å². The summed E-state index contributed by atoms with van der Waals surface area (Å²) in [5.41, 5.74) is 1.69. The Balaban J connectivity index is 1.91. The summed E-state index contributed by atoms with van der Waals surface area (Å²) < 4.78 is 16.0. The Morgan fingerprint density at radius 2 is 1.65 bits per heavy atom. The minimum absolute atomic E-state index is 0.0565. The topological polar surface area (TPSA) is 60.0 Å². The second-order valence-electron chi connectivity index (χ2n) is 5.89. The molecule has 2 aromatic rings. The molecule has 0 spiro atoms. The zero-order valence-corrected chi connectivity index (χ0v) is 15.7. The predicted molar refractivity (Wildman–Crippen MR) is 102 cm³/mol. The lowest BCUT2D eigenvalue weighted by Gasteiger charge is -2.19. The maximum Gasteiger partial charge on any atom is 0.225 e. The van der Waals surface area contributed by atoms with E-state index in [0.717, 1.165) is 11.3 Å². The molecular weight excluding hydrogens is 332 g/mol. The van der Waals surface area contributed by atoms with Crippen molar-refractivity contribution >= 4 is 11.6 Å². The summed E-state index contributed by atoms with van der Waals surface area (Å²) in [6.07, 6.45) is 0.376. The first-order chi connectivity index (χ1) is 12.6. The van der Waals surface area contributed by atoms with Gasteiger partial charge in [-0.1, -0.05) is 24.3 Å². The van der Waals surface area contributed by atoms with E-state index in [1.807, 2.05) is 49.5 Å². The fourth-order valence-electron chi connectivity index (χ4n) is 2.70. The van der Waals surface area contributed by atoms with E-state index < -0.39 is 0 Å². The van der Waals surface area contributed by atoms with Crippen LogP contribution < -0.4 is 19.5 Å². The molecule has 1 N–H and O–H groups in total. The van der Waals surface area contributed by atoms with Gasteiger partial charge in [0, 0.05) is 25.1 Å². The van der Waals surface area contributed by atoms with Gasteiger partial charge >= 0.3 is 0 Å². The lowest BCUT2D eigenvalue weighted by Crippen LogP contribution is -2.24. The molecule has 6 nitrogen and oxygen atoms in total. The number of ether oxygens (including phenoxy) is 3. The number of carbonyl (C=O) groups is 1. The van der Waals surface area contributed by atoms with Crippen LogP contribution in [-0.2, 0) is 11.3 Å². The Morgan fingerprint density at radius 3 is 2.35 bits per heavy atom. The number of carbonyl (C=O) groups excluding carboxylic acids is 1. The first kappa shape index (κ1) is 19.6. The summed E-state index contributed by atoms with van der Waals surface area (Å²) in [5.74, 6) is 2.02. The van der Waals surface area contributed by atoms with Crippen LogP contribution in [-0.4, -0.2) is 45.7 Å². The molecule has 0 aliphatic rings. The molecule has 26 heavy (non-hydrogen) atoms. The molecule has 0 atom stereocenters. The molecule has 2 rings (SSSR count). The highest BCUT2D eigenvalue weighted by atomic mass is 16.5. The standard InChI is InChI=1S/C20H26N2O4/c1-22(14-15-8-7-11-18(25-3)20(15)26-4)13-12-19(23)21-16-9-5-6-10-17(16)24-2/h5-11H,12-14H2,1-4H3,(H,21,23). The number of anilines is 1. The van der Waals surface area contributed by atoms with Crippen molar-refractivity contribution < 1.29 is 19.0 Å². The number of nitrogens with zero attached hydrogens (tertiary/aromatic N) is 1. The van der Waals surface area contributed by atoms with Crippen molar-refractivity contribution in [3.05, 3.63) is 48.0 Å². The fourth-order valence-corrected chi connectivity index (χ4v) is 2.70. The smallest absolute Gasteiger partial charge is 0.225 e. The molecule has 6 heteroatoms. The van der Waals surface area contributed by atoms with Crippen LogP contribution in [0, 0.1) is 0 Å². The van der Waals surface area contributed by atoms with Gasteiger partial charge in [0.15, 0.2) is 11.5 Å². The Kier molecular flexibility index (Phi) is 7.29. The number of methoxy groups -OCH3 is 3. The number of hydrogen-bond donors (Lipinski definition) is 1. The summed E-state index contributed by atoms with van der Waals surface area (Å²) in [5, 5.41) is 2.89. The summed E-state index contributed by atoms with van der Waals surface area (Å²) in [7, 11) is 6.80. The lowest BCUT2D eigenvalue weighted by molar-refractivity contribution is -0.116. The Morgan fingerprint density at radius 1 is 0.962 bits per heavy atom. The summed E-state index contributed by atoms with van der Waals surface area (Å²) in [6, 6.07) is 13.1. The van der Waals surface area contributed by atoms with Crippen LogP contribution in [0.4, 0.5) is 5.69 Å². The van der Waals surface area contributed by atoms with Crippen molar-refractivity contribution in [2.24, 2.45) is 0 Å². The van der Waals surface area contributed by atoms with Gasteiger partial charge in [0.25, 0.3) is 0 Å². The summed E-state index contributed by atoms with van der Waals surface area (Å²) in [4.78, 5) is 14.3. The van der Waals surface area contributed by atoms with E-state index in [9.17, 15) is 4.79 Å². The Hall–Kier alpha value is -2.73. The first-order valence-corrected chi connectivity index (χ1v) is 8.40. The van der Waals surface area contributed by atoms with E-state index in [1.54, 1.807) is 21.3 Å². The number of rotatable bonds is 9. The molecule has 0 saturated heterocycles. The number of amides is 1. The average Bonchev–Trinajstić information content (AvgIpc) is 2.66. The van der Waals surface area contributed by atoms with Crippen molar-refractivity contribution in [3.63, 3.8) is 0 Å². The minimum atomic E-state index is -0.0565. The highest BCUT2D eigenvalue weighted by Crippen LogP contribution is 2.31. The highest BCUT2D eigenvalue weighted by Gasteiger charge is 2.13. The SMILES string of the molecule is COc1ccccc1NC(=O)CCN(C)Cc1cccc(OC)c1OC. The van der Waals surface area contributed by atoms with E-state index in [2.05, 4.69) is 10.2 Å². The van der Waals surface area contributed by atoms with Crippen molar-refractivity contribution in [1.82, 2.24) is 4.90 Å². The maximum atomic E-state index is 12.2. The molecule has 0 heterocycles. The molecule has 0 fully saturated rings. The molecular formula is C20H26N2O4. The zero-order chi connectivity index (χ0) is 18.9. The fraction of sp³-hybridized carbons (Fsp3) is 0.350. The van der Waals surface area contributed by atoms with E-state index in [4.69, 9.17) is 14.2 Å². The average molecular weight is 358 g/mol. The summed E-state index contributed by atoms with van der Waals surface area (Å²) in [6.45, 7) is 1.27. The molecule has 1 amide bonds. The van der Waals surface area contributed by atoms with E-state index in [1.165, 1.54) is 0 Å². The highest BCUT2D eigenvalue weighted by molar-refractivity contribution is 5.92. The van der Waals surface area contributed by atoms with Crippen molar-refractivity contribution in [2.75, 3.05) is 40.2 Å². The first-order valence-electron chi connectivity index (χ1n) is 8.40. The van der Waals surface area contributed by atoms with Crippen molar-refractivity contribution in [1.29, 1.82) is 0 Å². The Labute approximate surface area is 154 Å². The van der Waals surface area contributed by atoms with Crippen molar-refractivity contribution in [2.45, 2.75) is 13.0 Å². The van der Waals surface area contributed by atoms with E-state index >= 15 is 0 Å². The second kappa shape index (κ2) is 9.68. The summed E-state index contributed by atoms with van der Waals surface area (Å²) >= 11 is 0. The third-order valence-electron chi connectivity index (χ3n) is 4.03. The van der Waals surface area contributed by atoms with Crippen LogP contribution in [0.15, 0.2) is 42.5 Å². The van der Waals surface area contributed by atoms with E-state index in [-0.39, 0.29) is 5.91 Å². The molecule has 140 valence electrons. The van der Waals surface area contributed by atoms with Gasteiger partial charge in [0.05, 0.1) is 27.0 Å². The molecule has 0 unspecified atom stereocenters. The van der Waals surface area contributed by atoms with Crippen LogP contribution in [0.3, 0.4) is 0 Å². The van der Waals surface area contributed by atoms with Crippen LogP contribution in [0.2, 0.25) is 0 Å². The maximum absolute atomic E-state index is 12.2. The normalized spacial score (nSPS) is 10.5. The van der Waals surface area contributed by atoms with Gasteiger partial charge in [0.2, 0.25) is 5.91 Å².